The van der Waals surface area contributed by atoms with Crippen molar-refractivity contribution in [2.75, 3.05) is 5.32 Å². The zero-order valence-electron chi connectivity index (χ0n) is 15.1. The van der Waals surface area contributed by atoms with E-state index in [0.717, 1.165) is 11.3 Å². The van der Waals surface area contributed by atoms with E-state index in [0.29, 0.717) is 28.5 Å². The van der Waals surface area contributed by atoms with Crippen LogP contribution in [0.25, 0.3) is 5.69 Å². The topological polar surface area (TPSA) is 59.8 Å². The normalized spacial score (nSPS) is 10.8. The number of halogens is 1. The molecule has 0 spiro atoms. The third-order valence-electron chi connectivity index (χ3n) is 4.23. The van der Waals surface area contributed by atoms with Crippen LogP contribution in [0.5, 0.6) is 0 Å². The van der Waals surface area contributed by atoms with E-state index in [1.807, 2.05) is 43.5 Å². The van der Waals surface area contributed by atoms with Crippen molar-refractivity contribution in [2.24, 2.45) is 0 Å². The molecule has 0 fully saturated rings. The molecule has 2 aromatic heterocycles. The molecule has 1 N–H and O–H groups in total. The number of nitrogens with one attached hydrogen (secondary N) is 1. The van der Waals surface area contributed by atoms with Gasteiger partial charge in [-0.15, -0.1) is 16.4 Å². The van der Waals surface area contributed by atoms with Crippen LogP contribution < -0.4 is 5.32 Å². The summed E-state index contributed by atoms with van der Waals surface area (Å²) in [6.07, 6.45) is 2.21. The number of thiazole rings is 1. The van der Waals surface area contributed by atoms with Crippen molar-refractivity contribution in [3.63, 3.8) is 0 Å². The number of anilines is 1. The number of rotatable bonds is 5. The van der Waals surface area contributed by atoms with E-state index in [1.54, 1.807) is 28.3 Å². The average Bonchev–Trinajstić information content (AvgIpc) is 3.32. The second-order valence-electron chi connectivity index (χ2n) is 6.29. The first-order chi connectivity index (χ1) is 13.6. The molecule has 140 valence electrons. The second kappa shape index (κ2) is 7.74. The molecule has 4 aromatic rings. The van der Waals surface area contributed by atoms with Crippen LogP contribution in [-0.4, -0.2) is 20.7 Å². The Hall–Kier alpha value is -3.32. The predicted octanol–water partition coefficient (Wildman–Crippen LogP) is 4.62. The molecular weight excluding hydrogens is 375 g/mol. The van der Waals surface area contributed by atoms with Crippen LogP contribution >= 0.6 is 11.3 Å². The van der Waals surface area contributed by atoms with Gasteiger partial charge in [-0.2, -0.15) is 0 Å². The fourth-order valence-corrected chi connectivity index (χ4v) is 3.57. The Morgan fingerprint density at radius 3 is 2.68 bits per heavy atom. The molecule has 0 aliphatic heterocycles. The SMILES string of the molecule is Cc1cn(-c2ccccc2)nc1NC(=O)c1csc(Cc2ccccc2F)n1. The first-order valence-corrected chi connectivity index (χ1v) is 9.59. The molecule has 4 rings (SSSR count). The zero-order valence-corrected chi connectivity index (χ0v) is 15.9. The predicted molar refractivity (Wildman–Crippen MR) is 108 cm³/mol. The molecule has 0 saturated carbocycles. The van der Waals surface area contributed by atoms with Crippen molar-refractivity contribution in [1.82, 2.24) is 14.8 Å². The Morgan fingerprint density at radius 2 is 1.89 bits per heavy atom. The highest BCUT2D eigenvalue weighted by atomic mass is 32.1. The van der Waals surface area contributed by atoms with Crippen molar-refractivity contribution < 1.29 is 9.18 Å². The number of carbonyl (C=O) groups excluding carboxylic acids is 1. The summed E-state index contributed by atoms with van der Waals surface area (Å²) < 4.78 is 15.5. The number of aromatic nitrogens is 3. The summed E-state index contributed by atoms with van der Waals surface area (Å²) in [5, 5.41) is 9.60. The summed E-state index contributed by atoms with van der Waals surface area (Å²) in [5.41, 5.74) is 2.61. The van der Waals surface area contributed by atoms with Gasteiger partial charge in [0.05, 0.1) is 10.7 Å². The number of aryl methyl sites for hydroxylation is 1. The van der Waals surface area contributed by atoms with Gasteiger partial charge in [0.1, 0.15) is 11.5 Å². The monoisotopic (exact) mass is 392 g/mol. The van der Waals surface area contributed by atoms with Gasteiger partial charge in [0.2, 0.25) is 0 Å². The molecule has 2 aromatic carbocycles. The number of amides is 1. The summed E-state index contributed by atoms with van der Waals surface area (Å²) >= 11 is 1.33. The maximum absolute atomic E-state index is 13.8. The van der Waals surface area contributed by atoms with Crippen LogP contribution in [0.15, 0.2) is 66.2 Å². The summed E-state index contributed by atoms with van der Waals surface area (Å²) in [5.74, 6) is -0.124. The van der Waals surface area contributed by atoms with Crippen LogP contribution in [-0.2, 0) is 6.42 Å². The van der Waals surface area contributed by atoms with Gasteiger partial charge in [-0.05, 0) is 30.7 Å². The first kappa shape index (κ1) is 18.1. The molecule has 0 saturated heterocycles. The van der Waals surface area contributed by atoms with E-state index in [4.69, 9.17) is 0 Å². The maximum atomic E-state index is 13.8. The minimum absolute atomic E-state index is 0.272. The molecule has 7 heteroatoms. The van der Waals surface area contributed by atoms with Crippen LogP contribution in [0.4, 0.5) is 10.2 Å². The highest BCUT2D eigenvalue weighted by molar-refractivity contribution is 7.09. The fraction of sp³-hybridized carbons (Fsp3) is 0.0952. The Labute approximate surface area is 165 Å². The lowest BCUT2D eigenvalue weighted by molar-refractivity contribution is 0.102. The van der Waals surface area contributed by atoms with Gasteiger partial charge in [0.15, 0.2) is 5.82 Å². The molecular formula is C21H17FN4OS. The largest absolute Gasteiger partial charge is 0.303 e. The fourth-order valence-electron chi connectivity index (χ4n) is 2.77. The van der Waals surface area contributed by atoms with Crippen molar-refractivity contribution in [2.45, 2.75) is 13.3 Å². The third-order valence-corrected chi connectivity index (χ3v) is 5.08. The van der Waals surface area contributed by atoms with Crippen LogP contribution in [0.2, 0.25) is 0 Å². The number of benzene rings is 2. The molecule has 0 atom stereocenters. The zero-order chi connectivity index (χ0) is 19.5. The van der Waals surface area contributed by atoms with Gasteiger partial charge < -0.3 is 5.32 Å². The maximum Gasteiger partial charge on any atom is 0.276 e. The highest BCUT2D eigenvalue weighted by Crippen LogP contribution is 2.19. The minimum atomic E-state index is -0.336. The lowest BCUT2D eigenvalue weighted by Crippen LogP contribution is -2.14. The van der Waals surface area contributed by atoms with Crippen molar-refractivity contribution in [3.05, 3.63) is 93.8 Å². The van der Waals surface area contributed by atoms with E-state index in [9.17, 15) is 9.18 Å². The van der Waals surface area contributed by atoms with Crippen molar-refractivity contribution in [3.8, 4) is 5.69 Å². The summed E-state index contributed by atoms with van der Waals surface area (Å²) in [4.78, 5) is 16.9. The Balaban J connectivity index is 1.48. The van der Waals surface area contributed by atoms with E-state index in [1.165, 1.54) is 17.4 Å². The number of hydrogen-bond donors (Lipinski definition) is 1. The molecule has 28 heavy (non-hydrogen) atoms. The van der Waals surface area contributed by atoms with Gasteiger partial charge in [-0.1, -0.05) is 36.4 Å². The Kier molecular flexibility index (Phi) is 4.99. The minimum Gasteiger partial charge on any atom is -0.303 e. The third kappa shape index (κ3) is 3.84. The second-order valence-corrected chi connectivity index (χ2v) is 7.23. The molecule has 0 radical (unpaired) electrons. The Morgan fingerprint density at radius 1 is 1.14 bits per heavy atom. The number of carbonyl (C=O) groups is 1. The van der Waals surface area contributed by atoms with E-state index < -0.39 is 0 Å². The van der Waals surface area contributed by atoms with E-state index in [-0.39, 0.29) is 11.7 Å². The number of hydrogen-bond acceptors (Lipinski definition) is 4. The van der Waals surface area contributed by atoms with Gasteiger partial charge in [-0.25, -0.2) is 14.1 Å². The average molecular weight is 392 g/mol. The van der Waals surface area contributed by atoms with Crippen LogP contribution in [0.1, 0.15) is 26.6 Å². The van der Waals surface area contributed by atoms with E-state index in [2.05, 4.69) is 15.4 Å². The number of nitrogens with zero attached hydrogens (tertiary/aromatic N) is 3. The molecule has 0 aliphatic carbocycles. The smallest absolute Gasteiger partial charge is 0.276 e. The highest BCUT2D eigenvalue weighted by Gasteiger charge is 2.15. The number of para-hydroxylation sites is 1. The lowest BCUT2D eigenvalue weighted by Gasteiger charge is -2.02. The Bertz CT molecular complexity index is 1120. The van der Waals surface area contributed by atoms with Crippen molar-refractivity contribution in [1.29, 1.82) is 0 Å². The molecule has 1 amide bonds. The van der Waals surface area contributed by atoms with Gasteiger partial charge >= 0.3 is 0 Å². The quantitative estimate of drug-likeness (QED) is 0.539. The summed E-state index contributed by atoms with van der Waals surface area (Å²) in [6, 6.07) is 16.2. The van der Waals surface area contributed by atoms with Crippen LogP contribution in [0.3, 0.4) is 0 Å². The first-order valence-electron chi connectivity index (χ1n) is 8.71. The van der Waals surface area contributed by atoms with Gasteiger partial charge in [-0.3, -0.25) is 4.79 Å². The molecule has 0 aliphatic rings. The molecule has 2 heterocycles. The molecule has 0 unspecified atom stereocenters. The van der Waals surface area contributed by atoms with E-state index >= 15 is 0 Å². The van der Waals surface area contributed by atoms with Gasteiger partial charge in [0, 0.05) is 23.6 Å². The summed E-state index contributed by atoms with van der Waals surface area (Å²) in [7, 11) is 0. The van der Waals surface area contributed by atoms with Gasteiger partial charge in [0.25, 0.3) is 5.91 Å². The standard InChI is InChI=1S/C21H17FN4OS/c1-14-12-26(16-8-3-2-4-9-16)25-20(14)24-21(27)18-13-28-19(23-18)11-15-7-5-6-10-17(15)22/h2-10,12-13H,11H2,1H3,(H,24,25,27). The van der Waals surface area contributed by atoms with Crippen molar-refractivity contribution >= 4 is 23.1 Å². The van der Waals surface area contributed by atoms with Crippen LogP contribution in [0, 0.1) is 12.7 Å². The summed E-state index contributed by atoms with van der Waals surface area (Å²) in [6.45, 7) is 1.88. The molecule has 5 nitrogen and oxygen atoms in total. The lowest BCUT2D eigenvalue weighted by atomic mass is 10.1. The molecule has 0 bridgehead atoms.